The Morgan fingerprint density at radius 2 is 1.89 bits per heavy atom. The SMILES string of the molecule is CC(C)(C)OC(=O)N1CCCCC1CC(=O)NNC(=O)c1cc(F)ccc1F. The predicted molar refractivity (Wildman–Crippen MR) is 97.2 cm³/mol. The lowest BCUT2D eigenvalue weighted by Gasteiger charge is -2.36. The Kier molecular flexibility index (Phi) is 6.93. The molecule has 2 rings (SSSR count). The topological polar surface area (TPSA) is 87.7 Å². The summed E-state index contributed by atoms with van der Waals surface area (Å²) in [7, 11) is 0. The lowest BCUT2D eigenvalue weighted by molar-refractivity contribution is -0.123. The third-order valence-corrected chi connectivity index (χ3v) is 4.16. The molecule has 2 N–H and O–H groups in total. The molecule has 7 nitrogen and oxygen atoms in total. The molecule has 1 unspecified atom stereocenters. The summed E-state index contributed by atoms with van der Waals surface area (Å²) in [6.07, 6.45) is 1.76. The molecular formula is C19H25F2N3O4. The first-order chi connectivity index (χ1) is 13.1. The van der Waals surface area contributed by atoms with E-state index >= 15 is 0 Å². The van der Waals surface area contributed by atoms with Crippen LogP contribution in [0.2, 0.25) is 0 Å². The summed E-state index contributed by atoms with van der Waals surface area (Å²) in [6.45, 7) is 5.76. The third kappa shape index (κ3) is 6.17. The molecule has 1 aromatic carbocycles. The van der Waals surface area contributed by atoms with Crippen molar-refractivity contribution < 1.29 is 27.9 Å². The minimum Gasteiger partial charge on any atom is -0.444 e. The number of hydrazine groups is 1. The van der Waals surface area contributed by atoms with E-state index in [2.05, 4.69) is 10.9 Å². The molecule has 3 amide bonds. The maximum absolute atomic E-state index is 13.6. The lowest BCUT2D eigenvalue weighted by Crippen LogP contribution is -2.49. The van der Waals surface area contributed by atoms with Crippen LogP contribution in [0.1, 0.15) is 56.8 Å². The van der Waals surface area contributed by atoms with Gasteiger partial charge in [0, 0.05) is 19.0 Å². The summed E-state index contributed by atoms with van der Waals surface area (Å²) in [6, 6.07) is 2.08. The highest BCUT2D eigenvalue weighted by atomic mass is 19.1. The van der Waals surface area contributed by atoms with Crippen molar-refractivity contribution in [3.8, 4) is 0 Å². The van der Waals surface area contributed by atoms with Crippen LogP contribution in [0.4, 0.5) is 13.6 Å². The quantitative estimate of drug-likeness (QED) is 0.768. The van der Waals surface area contributed by atoms with Crippen LogP contribution in [0.5, 0.6) is 0 Å². The van der Waals surface area contributed by atoms with Gasteiger partial charge in [0.15, 0.2) is 0 Å². The van der Waals surface area contributed by atoms with Crippen molar-refractivity contribution in [3.63, 3.8) is 0 Å². The first-order valence-corrected chi connectivity index (χ1v) is 9.10. The molecule has 1 fully saturated rings. The Morgan fingerprint density at radius 1 is 1.18 bits per heavy atom. The molecule has 28 heavy (non-hydrogen) atoms. The molecule has 9 heteroatoms. The number of nitrogens with one attached hydrogen (secondary N) is 2. The zero-order valence-electron chi connectivity index (χ0n) is 16.2. The van der Waals surface area contributed by atoms with Gasteiger partial charge in [-0.3, -0.25) is 20.4 Å². The van der Waals surface area contributed by atoms with Gasteiger partial charge in [0.2, 0.25) is 5.91 Å². The summed E-state index contributed by atoms with van der Waals surface area (Å²) >= 11 is 0. The smallest absolute Gasteiger partial charge is 0.410 e. The Balaban J connectivity index is 1.92. The fourth-order valence-corrected chi connectivity index (χ4v) is 2.90. The van der Waals surface area contributed by atoms with Crippen LogP contribution in [-0.4, -0.2) is 41.0 Å². The summed E-state index contributed by atoms with van der Waals surface area (Å²) < 4.78 is 32.1. The van der Waals surface area contributed by atoms with Gasteiger partial charge in [-0.05, 0) is 58.2 Å². The van der Waals surface area contributed by atoms with Gasteiger partial charge >= 0.3 is 6.09 Å². The van der Waals surface area contributed by atoms with E-state index in [9.17, 15) is 23.2 Å². The maximum atomic E-state index is 13.6. The summed E-state index contributed by atoms with van der Waals surface area (Å²) in [5.41, 5.74) is 3.07. The molecule has 0 spiro atoms. The normalized spacial score (nSPS) is 17.0. The Labute approximate surface area is 162 Å². The highest BCUT2D eigenvalue weighted by Gasteiger charge is 2.31. The van der Waals surface area contributed by atoms with Crippen molar-refractivity contribution in [2.75, 3.05) is 6.54 Å². The molecule has 1 atom stereocenters. The van der Waals surface area contributed by atoms with Gasteiger partial charge in [0.1, 0.15) is 17.2 Å². The molecule has 0 saturated carbocycles. The van der Waals surface area contributed by atoms with Crippen LogP contribution in [-0.2, 0) is 9.53 Å². The van der Waals surface area contributed by atoms with Crippen molar-refractivity contribution >= 4 is 17.9 Å². The molecule has 1 aliphatic heterocycles. The van der Waals surface area contributed by atoms with Gasteiger partial charge in [-0.25, -0.2) is 13.6 Å². The minimum absolute atomic E-state index is 0.0504. The van der Waals surface area contributed by atoms with E-state index in [1.807, 2.05) is 0 Å². The number of piperidine rings is 1. The van der Waals surface area contributed by atoms with Crippen LogP contribution in [0.25, 0.3) is 0 Å². The lowest BCUT2D eigenvalue weighted by atomic mass is 9.99. The van der Waals surface area contributed by atoms with Crippen molar-refractivity contribution in [2.24, 2.45) is 0 Å². The van der Waals surface area contributed by atoms with E-state index in [0.717, 1.165) is 31.0 Å². The van der Waals surface area contributed by atoms with E-state index in [4.69, 9.17) is 4.74 Å². The van der Waals surface area contributed by atoms with E-state index < -0.39 is 40.7 Å². The standard InChI is InChI=1S/C19H25F2N3O4/c1-19(2,3)28-18(27)24-9-5-4-6-13(24)11-16(25)22-23-17(26)14-10-12(20)7-8-15(14)21/h7-8,10,13H,4-6,9,11H2,1-3H3,(H,22,25)(H,23,26). The van der Waals surface area contributed by atoms with Crippen LogP contribution in [0, 0.1) is 11.6 Å². The van der Waals surface area contributed by atoms with Gasteiger partial charge in [-0.15, -0.1) is 0 Å². The first-order valence-electron chi connectivity index (χ1n) is 9.10. The fourth-order valence-electron chi connectivity index (χ4n) is 2.90. The average Bonchev–Trinajstić information content (AvgIpc) is 2.60. The minimum atomic E-state index is -0.974. The second-order valence-corrected chi connectivity index (χ2v) is 7.65. The summed E-state index contributed by atoms with van der Waals surface area (Å²) in [4.78, 5) is 38.0. The molecular weight excluding hydrogens is 372 g/mol. The molecule has 0 aliphatic carbocycles. The molecule has 0 radical (unpaired) electrons. The largest absolute Gasteiger partial charge is 0.444 e. The number of rotatable bonds is 3. The van der Waals surface area contributed by atoms with Crippen LogP contribution >= 0.6 is 0 Å². The van der Waals surface area contributed by atoms with Crippen LogP contribution in [0.15, 0.2) is 18.2 Å². The summed E-state index contributed by atoms with van der Waals surface area (Å²) in [5.74, 6) is -3.20. The number of carbonyl (C=O) groups excluding carboxylic acids is 3. The number of hydrogen-bond acceptors (Lipinski definition) is 4. The zero-order valence-corrected chi connectivity index (χ0v) is 16.2. The predicted octanol–water partition coefficient (Wildman–Crippen LogP) is 2.91. The molecule has 1 aromatic rings. The van der Waals surface area contributed by atoms with Gasteiger partial charge in [-0.2, -0.15) is 0 Å². The van der Waals surface area contributed by atoms with Crippen LogP contribution < -0.4 is 10.9 Å². The highest BCUT2D eigenvalue weighted by molar-refractivity contribution is 5.95. The Bertz CT molecular complexity index is 749. The Morgan fingerprint density at radius 3 is 2.57 bits per heavy atom. The van der Waals surface area contributed by atoms with Gasteiger partial charge in [0.25, 0.3) is 5.91 Å². The second-order valence-electron chi connectivity index (χ2n) is 7.65. The third-order valence-electron chi connectivity index (χ3n) is 4.16. The number of benzene rings is 1. The van der Waals surface area contributed by atoms with Gasteiger partial charge in [-0.1, -0.05) is 0 Å². The van der Waals surface area contributed by atoms with E-state index in [1.54, 1.807) is 20.8 Å². The average molecular weight is 397 g/mol. The van der Waals surface area contributed by atoms with Crippen LogP contribution in [0.3, 0.4) is 0 Å². The van der Waals surface area contributed by atoms with Crippen molar-refractivity contribution in [1.82, 2.24) is 15.8 Å². The van der Waals surface area contributed by atoms with E-state index in [1.165, 1.54) is 4.90 Å². The number of amides is 3. The Hall–Kier alpha value is -2.71. The zero-order chi connectivity index (χ0) is 20.9. The molecule has 1 saturated heterocycles. The van der Waals surface area contributed by atoms with Crippen molar-refractivity contribution in [2.45, 2.75) is 58.1 Å². The molecule has 154 valence electrons. The maximum Gasteiger partial charge on any atom is 0.410 e. The fraction of sp³-hybridized carbons (Fsp3) is 0.526. The van der Waals surface area contributed by atoms with Crippen molar-refractivity contribution in [3.05, 3.63) is 35.4 Å². The van der Waals surface area contributed by atoms with Gasteiger partial charge in [0.05, 0.1) is 5.56 Å². The second kappa shape index (κ2) is 8.99. The van der Waals surface area contributed by atoms with E-state index in [-0.39, 0.29) is 12.5 Å². The summed E-state index contributed by atoms with van der Waals surface area (Å²) in [5, 5.41) is 0. The van der Waals surface area contributed by atoms with Crippen molar-refractivity contribution in [1.29, 1.82) is 0 Å². The van der Waals surface area contributed by atoms with Gasteiger partial charge < -0.3 is 9.64 Å². The number of nitrogens with zero attached hydrogens (tertiary/aromatic N) is 1. The molecule has 0 bridgehead atoms. The first kappa shape index (κ1) is 21.6. The monoisotopic (exact) mass is 397 g/mol. The number of carbonyl (C=O) groups is 3. The number of hydrogen-bond donors (Lipinski definition) is 2. The molecule has 1 heterocycles. The number of halogens is 2. The molecule has 0 aromatic heterocycles. The van der Waals surface area contributed by atoms with E-state index in [0.29, 0.717) is 13.0 Å². The number of likely N-dealkylation sites (tertiary alicyclic amines) is 1. The molecule has 1 aliphatic rings. The highest BCUT2D eigenvalue weighted by Crippen LogP contribution is 2.22. The number of ether oxygens (including phenoxy) is 1.